The van der Waals surface area contributed by atoms with Gasteiger partial charge in [0.25, 0.3) is 0 Å². The highest BCUT2D eigenvalue weighted by Gasteiger charge is 2.28. The molecule has 154 valence electrons. The first kappa shape index (κ1) is 19.1. The highest BCUT2D eigenvalue weighted by molar-refractivity contribution is 5.98. The third-order valence-corrected chi connectivity index (χ3v) is 5.64. The predicted molar refractivity (Wildman–Crippen MR) is 118 cm³/mol. The second-order valence-corrected chi connectivity index (χ2v) is 7.63. The van der Waals surface area contributed by atoms with Crippen LogP contribution in [0.5, 0.6) is 5.75 Å². The third kappa shape index (κ3) is 3.70. The summed E-state index contributed by atoms with van der Waals surface area (Å²) in [6.07, 6.45) is 2.72. The van der Waals surface area contributed by atoms with Crippen molar-refractivity contribution in [1.82, 2.24) is 19.9 Å². The molecular weight excluding hydrogens is 390 g/mol. The van der Waals surface area contributed by atoms with Crippen molar-refractivity contribution in [2.24, 2.45) is 0 Å². The number of aromatic nitrogens is 4. The van der Waals surface area contributed by atoms with Gasteiger partial charge in [-0.3, -0.25) is 10.1 Å². The fraction of sp³-hybridized carbons (Fsp3) is 0.208. The average molecular weight is 411 g/mol. The molecule has 0 bridgehead atoms. The van der Waals surface area contributed by atoms with Gasteiger partial charge in [-0.2, -0.15) is 0 Å². The Morgan fingerprint density at radius 2 is 1.77 bits per heavy atom. The van der Waals surface area contributed by atoms with Crippen molar-refractivity contribution >= 4 is 28.6 Å². The maximum atomic E-state index is 12.7. The molecule has 2 aromatic carbocycles. The summed E-state index contributed by atoms with van der Waals surface area (Å²) in [6.45, 7) is 1.95. The summed E-state index contributed by atoms with van der Waals surface area (Å²) >= 11 is 0. The fourth-order valence-electron chi connectivity index (χ4n) is 4.01. The molecule has 1 atom stereocenters. The molecule has 0 aliphatic heterocycles. The zero-order chi connectivity index (χ0) is 21.4. The van der Waals surface area contributed by atoms with Crippen molar-refractivity contribution in [3.05, 3.63) is 77.2 Å². The minimum atomic E-state index is 0.0615. The van der Waals surface area contributed by atoms with E-state index in [0.717, 1.165) is 33.6 Å². The van der Waals surface area contributed by atoms with E-state index in [2.05, 4.69) is 25.3 Å². The van der Waals surface area contributed by atoms with E-state index in [9.17, 15) is 4.79 Å². The molecule has 0 saturated heterocycles. The summed E-state index contributed by atoms with van der Waals surface area (Å²) in [5.41, 5.74) is 4.16. The maximum absolute atomic E-state index is 12.7. The average Bonchev–Trinajstić information content (AvgIpc) is 2.79. The van der Waals surface area contributed by atoms with Gasteiger partial charge < -0.3 is 4.74 Å². The standard InChI is InChI=1S/C24H21N5O2/c1-14-18-5-3-4-6-20(18)27-24(26-14)29-23-25-13-19-21(28-23)11-16(12-22(19)30)15-7-9-17(31-2)10-8-15/h3-10,13,16H,11-12H2,1-2H3,(H,25,26,27,28,29)/t16-/m1/s1. The van der Waals surface area contributed by atoms with E-state index in [1.807, 2.05) is 55.5 Å². The van der Waals surface area contributed by atoms with Crippen molar-refractivity contribution in [3.63, 3.8) is 0 Å². The van der Waals surface area contributed by atoms with Crippen LogP contribution in [-0.2, 0) is 6.42 Å². The molecule has 1 aliphatic carbocycles. The van der Waals surface area contributed by atoms with Crippen LogP contribution in [0.3, 0.4) is 0 Å². The van der Waals surface area contributed by atoms with Gasteiger partial charge in [-0.1, -0.05) is 30.3 Å². The summed E-state index contributed by atoms with van der Waals surface area (Å²) in [7, 11) is 1.64. The van der Waals surface area contributed by atoms with Crippen molar-refractivity contribution in [2.45, 2.75) is 25.7 Å². The number of ketones is 1. The first-order valence-corrected chi connectivity index (χ1v) is 10.1. The minimum Gasteiger partial charge on any atom is -0.497 e. The van der Waals surface area contributed by atoms with Crippen molar-refractivity contribution in [1.29, 1.82) is 0 Å². The number of rotatable bonds is 4. The molecule has 2 aromatic heterocycles. The minimum absolute atomic E-state index is 0.0615. The molecule has 2 heterocycles. The van der Waals surface area contributed by atoms with Crippen LogP contribution in [-0.4, -0.2) is 32.8 Å². The van der Waals surface area contributed by atoms with Gasteiger partial charge in [0, 0.05) is 18.0 Å². The number of nitrogens with zero attached hydrogens (tertiary/aromatic N) is 4. The van der Waals surface area contributed by atoms with Gasteiger partial charge in [0.15, 0.2) is 5.78 Å². The number of nitrogens with one attached hydrogen (secondary N) is 1. The van der Waals surface area contributed by atoms with Crippen LogP contribution >= 0.6 is 0 Å². The lowest BCUT2D eigenvalue weighted by Crippen LogP contribution is -2.21. The zero-order valence-electron chi connectivity index (χ0n) is 17.3. The number of benzene rings is 2. The molecule has 0 fully saturated rings. The molecule has 0 unspecified atom stereocenters. The summed E-state index contributed by atoms with van der Waals surface area (Å²) < 4.78 is 5.23. The van der Waals surface area contributed by atoms with Gasteiger partial charge in [-0.15, -0.1) is 0 Å². The summed E-state index contributed by atoms with van der Waals surface area (Å²) in [4.78, 5) is 30.7. The third-order valence-electron chi connectivity index (χ3n) is 5.64. The van der Waals surface area contributed by atoms with Gasteiger partial charge in [-0.25, -0.2) is 19.9 Å². The maximum Gasteiger partial charge on any atom is 0.230 e. The molecular formula is C24H21N5O2. The van der Waals surface area contributed by atoms with E-state index in [1.165, 1.54) is 0 Å². The van der Waals surface area contributed by atoms with Gasteiger partial charge in [0.2, 0.25) is 11.9 Å². The SMILES string of the molecule is COc1ccc([C@H]2CC(=O)c3cnc(Nc4nc(C)c5ccccc5n4)nc3C2)cc1. The smallest absolute Gasteiger partial charge is 0.230 e. The number of hydrogen-bond acceptors (Lipinski definition) is 7. The lowest BCUT2D eigenvalue weighted by atomic mass is 9.82. The van der Waals surface area contributed by atoms with Gasteiger partial charge >= 0.3 is 0 Å². The number of fused-ring (bicyclic) bond motifs is 2. The Labute approximate surface area is 179 Å². The Morgan fingerprint density at radius 1 is 0.968 bits per heavy atom. The summed E-state index contributed by atoms with van der Waals surface area (Å²) in [5.74, 6) is 1.76. The van der Waals surface area contributed by atoms with Gasteiger partial charge in [-0.05, 0) is 43.0 Å². The van der Waals surface area contributed by atoms with Crippen LogP contribution in [0, 0.1) is 6.92 Å². The van der Waals surface area contributed by atoms with E-state index in [-0.39, 0.29) is 11.7 Å². The second kappa shape index (κ2) is 7.75. The monoisotopic (exact) mass is 411 g/mol. The number of Topliss-reactive ketones (excluding diaryl/α,β-unsaturated/α-hetero) is 1. The zero-order valence-corrected chi connectivity index (χ0v) is 17.3. The van der Waals surface area contributed by atoms with Crippen LogP contribution in [0.1, 0.15) is 39.6 Å². The van der Waals surface area contributed by atoms with E-state index < -0.39 is 0 Å². The first-order valence-electron chi connectivity index (χ1n) is 10.1. The molecule has 4 aromatic rings. The predicted octanol–water partition coefficient (Wildman–Crippen LogP) is 4.39. The Morgan fingerprint density at radius 3 is 2.58 bits per heavy atom. The normalized spacial score (nSPS) is 15.5. The number of anilines is 2. The molecule has 1 N–H and O–H groups in total. The highest BCUT2D eigenvalue weighted by atomic mass is 16.5. The van der Waals surface area contributed by atoms with Crippen LogP contribution in [0.25, 0.3) is 10.9 Å². The number of ether oxygens (including phenoxy) is 1. The molecule has 0 radical (unpaired) electrons. The Balaban J connectivity index is 1.43. The van der Waals surface area contributed by atoms with E-state index in [1.54, 1.807) is 13.3 Å². The lowest BCUT2D eigenvalue weighted by molar-refractivity contribution is 0.0962. The summed E-state index contributed by atoms with van der Waals surface area (Å²) in [6, 6.07) is 15.7. The number of hydrogen-bond donors (Lipinski definition) is 1. The lowest BCUT2D eigenvalue weighted by Gasteiger charge is -2.23. The van der Waals surface area contributed by atoms with Crippen LogP contribution in [0.15, 0.2) is 54.7 Å². The number of aryl methyl sites for hydroxylation is 1. The van der Waals surface area contributed by atoms with Crippen LogP contribution in [0.4, 0.5) is 11.9 Å². The molecule has 1 aliphatic rings. The van der Waals surface area contributed by atoms with E-state index in [4.69, 9.17) is 4.74 Å². The Kier molecular flexibility index (Phi) is 4.78. The largest absolute Gasteiger partial charge is 0.497 e. The number of carbonyl (C=O) groups is 1. The van der Waals surface area contributed by atoms with Crippen molar-refractivity contribution < 1.29 is 9.53 Å². The molecule has 31 heavy (non-hydrogen) atoms. The second-order valence-electron chi connectivity index (χ2n) is 7.63. The molecule has 0 spiro atoms. The molecule has 7 heteroatoms. The summed E-state index contributed by atoms with van der Waals surface area (Å²) in [5, 5.41) is 4.11. The highest BCUT2D eigenvalue weighted by Crippen LogP contribution is 2.33. The first-order chi connectivity index (χ1) is 15.1. The van der Waals surface area contributed by atoms with Crippen LogP contribution < -0.4 is 10.1 Å². The number of methoxy groups -OCH3 is 1. The van der Waals surface area contributed by atoms with Crippen LogP contribution in [0.2, 0.25) is 0 Å². The number of carbonyl (C=O) groups excluding carboxylic acids is 1. The van der Waals surface area contributed by atoms with E-state index >= 15 is 0 Å². The molecule has 7 nitrogen and oxygen atoms in total. The van der Waals surface area contributed by atoms with Gasteiger partial charge in [0.1, 0.15) is 5.75 Å². The van der Waals surface area contributed by atoms with Crippen molar-refractivity contribution in [2.75, 3.05) is 12.4 Å². The number of para-hydroxylation sites is 1. The topological polar surface area (TPSA) is 89.9 Å². The van der Waals surface area contributed by atoms with Gasteiger partial charge in [0.05, 0.1) is 29.6 Å². The Hall–Kier alpha value is -3.87. The van der Waals surface area contributed by atoms with Crippen molar-refractivity contribution in [3.8, 4) is 5.75 Å². The Bertz CT molecular complexity index is 1290. The molecule has 5 rings (SSSR count). The molecule has 0 saturated carbocycles. The van der Waals surface area contributed by atoms with E-state index in [0.29, 0.717) is 30.3 Å². The fourth-order valence-corrected chi connectivity index (χ4v) is 4.01. The quantitative estimate of drug-likeness (QED) is 0.532. The molecule has 0 amide bonds.